The number of aromatic nitrogens is 1. The van der Waals surface area contributed by atoms with E-state index in [9.17, 15) is 19.1 Å². The summed E-state index contributed by atoms with van der Waals surface area (Å²) in [5.74, 6) is -0.587. The van der Waals surface area contributed by atoms with Gasteiger partial charge in [-0.25, -0.2) is 9.38 Å². The van der Waals surface area contributed by atoms with E-state index in [0.29, 0.717) is 48.9 Å². The minimum absolute atomic E-state index is 0.0958. The average molecular weight is 564 g/mol. The van der Waals surface area contributed by atoms with Crippen molar-refractivity contribution in [3.05, 3.63) is 75.5 Å². The minimum atomic E-state index is -0.456. The fourth-order valence-electron chi connectivity index (χ4n) is 6.32. The maximum Gasteiger partial charge on any atom is 0.250 e. The summed E-state index contributed by atoms with van der Waals surface area (Å²) in [7, 11) is 1.86. The molecule has 0 bridgehead atoms. The van der Waals surface area contributed by atoms with Gasteiger partial charge in [0.15, 0.2) is 5.88 Å². The van der Waals surface area contributed by atoms with Gasteiger partial charge in [0, 0.05) is 85.5 Å². The van der Waals surface area contributed by atoms with Crippen molar-refractivity contribution < 1.29 is 19.1 Å². The van der Waals surface area contributed by atoms with Crippen LogP contribution in [-0.2, 0) is 29.6 Å². The summed E-state index contributed by atoms with van der Waals surface area (Å²) < 4.78 is 15.6. The zero-order chi connectivity index (χ0) is 28.1. The SMILES string of the molecule is CC(=O)N1CCC(N2CC3=CNCc4c3c(c(O)n4C)C3=C2C=CC(=NC(=O)Cc2cc(F)ccc2Cl)C3)CC1. The summed E-state index contributed by atoms with van der Waals surface area (Å²) in [6.07, 6.45) is 7.82. The number of nitrogens with one attached hydrogen (secondary N) is 1. The van der Waals surface area contributed by atoms with Crippen LogP contribution in [0.25, 0.3) is 11.1 Å². The molecule has 0 radical (unpaired) electrons. The Bertz CT molecular complexity index is 1540. The Morgan fingerprint density at radius 1 is 1.20 bits per heavy atom. The molecule has 3 aliphatic heterocycles. The third kappa shape index (κ3) is 4.62. The Labute approximate surface area is 237 Å². The first-order chi connectivity index (χ1) is 19.2. The van der Waals surface area contributed by atoms with Crippen LogP contribution in [0, 0.1) is 5.82 Å². The lowest BCUT2D eigenvalue weighted by Crippen LogP contribution is -2.46. The average Bonchev–Trinajstić information content (AvgIpc) is 3.10. The molecule has 1 aromatic carbocycles. The Kier molecular flexibility index (Phi) is 6.78. The number of piperidine rings is 1. The van der Waals surface area contributed by atoms with Gasteiger partial charge in [0.05, 0.1) is 13.0 Å². The van der Waals surface area contributed by atoms with Crippen molar-refractivity contribution in [3.8, 4) is 5.88 Å². The number of aromatic hydroxyl groups is 1. The summed E-state index contributed by atoms with van der Waals surface area (Å²) in [6, 6.07) is 4.17. The Hall–Kier alpha value is -3.85. The predicted molar refractivity (Wildman–Crippen MR) is 152 cm³/mol. The molecule has 40 heavy (non-hydrogen) atoms. The van der Waals surface area contributed by atoms with Crippen molar-refractivity contribution in [1.29, 1.82) is 0 Å². The highest BCUT2D eigenvalue weighted by molar-refractivity contribution is 6.31. The van der Waals surface area contributed by atoms with Gasteiger partial charge >= 0.3 is 0 Å². The van der Waals surface area contributed by atoms with Crippen molar-refractivity contribution in [3.63, 3.8) is 0 Å². The van der Waals surface area contributed by atoms with Gasteiger partial charge in [-0.2, -0.15) is 0 Å². The van der Waals surface area contributed by atoms with Gasteiger partial charge in [-0.1, -0.05) is 11.6 Å². The molecule has 1 fully saturated rings. The first-order valence-corrected chi connectivity index (χ1v) is 13.9. The molecule has 0 spiro atoms. The standard InChI is InChI=1S/C30H31ClFN5O3/c1-17(38)36-9-7-22(8-10-36)37-16-19-14-33-15-26-28(19)29(30(40)35(26)2)23-13-21(4-6-25(23)37)34-27(39)12-18-11-20(32)3-5-24(18)31/h3-6,11,14,22,33,40H,7-10,12-13,15-16H2,1-2H3. The zero-order valence-corrected chi connectivity index (χ0v) is 23.3. The van der Waals surface area contributed by atoms with E-state index in [4.69, 9.17) is 11.6 Å². The first-order valence-electron chi connectivity index (χ1n) is 13.5. The van der Waals surface area contributed by atoms with Crippen LogP contribution in [0.4, 0.5) is 4.39 Å². The van der Waals surface area contributed by atoms with Gasteiger partial charge < -0.3 is 24.8 Å². The molecule has 10 heteroatoms. The molecular weight excluding hydrogens is 533 g/mol. The van der Waals surface area contributed by atoms with Gasteiger partial charge in [0.1, 0.15) is 5.82 Å². The number of carbonyl (C=O) groups excluding carboxylic acids is 2. The van der Waals surface area contributed by atoms with E-state index in [1.807, 2.05) is 34.9 Å². The Morgan fingerprint density at radius 2 is 1.98 bits per heavy atom. The highest BCUT2D eigenvalue weighted by Crippen LogP contribution is 2.47. The fraction of sp³-hybridized carbons (Fsp3) is 0.367. The molecule has 4 aliphatic rings. The quantitative estimate of drug-likeness (QED) is 0.585. The van der Waals surface area contributed by atoms with Crippen molar-refractivity contribution >= 4 is 40.3 Å². The molecule has 0 unspecified atom stereocenters. The molecule has 4 heterocycles. The molecule has 0 saturated carbocycles. The van der Waals surface area contributed by atoms with Crippen LogP contribution in [0.5, 0.6) is 5.88 Å². The summed E-state index contributed by atoms with van der Waals surface area (Å²) in [6.45, 7) is 4.28. The lowest BCUT2D eigenvalue weighted by Gasteiger charge is -2.41. The smallest absolute Gasteiger partial charge is 0.250 e. The third-order valence-electron chi connectivity index (χ3n) is 8.37. The molecule has 1 saturated heterocycles. The minimum Gasteiger partial charge on any atom is -0.494 e. The number of amides is 2. The Morgan fingerprint density at radius 3 is 2.73 bits per heavy atom. The first kappa shape index (κ1) is 26.4. The lowest BCUT2D eigenvalue weighted by atomic mass is 9.90. The van der Waals surface area contributed by atoms with Gasteiger partial charge in [-0.15, -0.1) is 0 Å². The number of aliphatic imine (C=N–C) groups is 1. The number of fused-ring (bicyclic) bond motifs is 1. The number of allylic oxidation sites excluding steroid dienone is 3. The number of hydrogen-bond acceptors (Lipinski definition) is 5. The summed E-state index contributed by atoms with van der Waals surface area (Å²) in [4.78, 5) is 33.5. The van der Waals surface area contributed by atoms with Crippen molar-refractivity contribution in [2.45, 2.75) is 45.2 Å². The molecule has 0 atom stereocenters. The number of carbonyl (C=O) groups is 2. The van der Waals surface area contributed by atoms with Crippen LogP contribution in [0.15, 0.2) is 47.2 Å². The molecule has 1 aliphatic carbocycles. The van der Waals surface area contributed by atoms with Crippen LogP contribution in [0.3, 0.4) is 0 Å². The van der Waals surface area contributed by atoms with Crippen LogP contribution < -0.4 is 5.32 Å². The molecule has 2 amide bonds. The molecule has 6 rings (SSSR count). The van der Waals surface area contributed by atoms with Crippen LogP contribution in [0.1, 0.15) is 48.6 Å². The second-order valence-corrected chi connectivity index (χ2v) is 11.2. The summed E-state index contributed by atoms with van der Waals surface area (Å²) >= 11 is 6.18. The normalized spacial score (nSPS) is 19.7. The second-order valence-electron chi connectivity index (χ2n) is 10.8. The number of hydrogen-bond donors (Lipinski definition) is 2. The monoisotopic (exact) mass is 563 g/mol. The van der Waals surface area contributed by atoms with Crippen molar-refractivity contribution in [2.24, 2.45) is 12.0 Å². The third-order valence-corrected chi connectivity index (χ3v) is 8.74. The molecule has 2 N–H and O–H groups in total. The summed E-state index contributed by atoms with van der Waals surface area (Å²) in [5, 5.41) is 15.0. The molecule has 2 aromatic rings. The number of halogens is 2. The van der Waals surface area contributed by atoms with E-state index in [1.54, 1.807) is 6.92 Å². The topological polar surface area (TPSA) is 90.2 Å². The number of benzene rings is 1. The van der Waals surface area contributed by atoms with Crippen molar-refractivity contribution in [1.82, 2.24) is 19.7 Å². The van der Waals surface area contributed by atoms with Gasteiger partial charge in [-0.05, 0) is 59.9 Å². The zero-order valence-electron chi connectivity index (χ0n) is 22.5. The van der Waals surface area contributed by atoms with Crippen LogP contribution in [0.2, 0.25) is 5.02 Å². The van der Waals surface area contributed by atoms with E-state index in [0.717, 1.165) is 46.5 Å². The highest BCUT2D eigenvalue weighted by Gasteiger charge is 2.37. The lowest BCUT2D eigenvalue weighted by molar-refractivity contribution is -0.130. The van der Waals surface area contributed by atoms with Gasteiger partial charge in [-0.3, -0.25) is 9.59 Å². The van der Waals surface area contributed by atoms with Gasteiger partial charge in [0.2, 0.25) is 11.8 Å². The molecule has 8 nitrogen and oxygen atoms in total. The van der Waals surface area contributed by atoms with E-state index >= 15 is 0 Å². The van der Waals surface area contributed by atoms with E-state index in [-0.39, 0.29) is 24.2 Å². The van der Waals surface area contributed by atoms with Crippen LogP contribution in [-0.4, -0.2) is 62.7 Å². The molecule has 208 valence electrons. The Balaban J connectivity index is 1.37. The van der Waals surface area contributed by atoms with E-state index in [1.165, 1.54) is 18.2 Å². The highest BCUT2D eigenvalue weighted by atomic mass is 35.5. The fourth-order valence-corrected chi connectivity index (χ4v) is 6.51. The molecule has 1 aromatic heterocycles. The predicted octanol–water partition coefficient (Wildman–Crippen LogP) is 4.18. The number of rotatable bonds is 3. The largest absolute Gasteiger partial charge is 0.494 e. The van der Waals surface area contributed by atoms with Gasteiger partial charge in [0.25, 0.3) is 0 Å². The van der Waals surface area contributed by atoms with E-state index in [2.05, 4.69) is 15.2 Å². The van der Waals surface area contributed by atoms with Crippen LogP contribution >= 0.6 is 11.6 Å². The second kappa shape index (κ2) is 10.3. The molecular formula is C30H31ClFN5O3. The number of nitrogens with zero attached hydrogens (tertiary/aromatic N) is 4. The van der Waals surface area contributed by atoms with E-state index < -0.39 is 11.7 Å². The maximum atomic E-state index is 13.7. The maximum absolute atomic E-state index is 13.7. The number of likely N-dealkylation sites (tertiary alicyclic amines) is 1. The summed E-state index contributed by atoms with van der Waals surface area (Å²) in [5.41, 5.74) is 6.80. The van der Waals surface area contributed by atoms with Crippen molar-refractivity contribution in [2.75, 3.05) is 19.6 Å².